The predicted molar refractivity (Wildman–Crippen MR) is 150 cm³/mol. The molecule has 10 heteroatoms. The fourth-order valence-corrected chi connectivity index (χ4v) is 5.23. The number of rotatable bonds is 10. The van der Waals surface area contributed by atoms with Crippen molar-refractivity contribution in [2.45, 2.75) is 44.4 Å². The molecule has 0 saturated carbocycles. The summed E-state index contributed by atoms with van der Waals surface area (Å²) in [6.07, 6.45) is -3.08. The van der Waals surface area contributed by atoms with Crippen LogP contribution in [-0.4, -0.2) is 57.3 Å². The first-order valence-corrected chi connectivity index (χ1v) is 13.3. The van der Waals surface area contributed by atoms with Crippen LogP contribution in [0.4, 0.5) is 0 Å². The fourth-order valence-electron chi connectivity index (χ4n) is 5.23. The number of hydrogen-bond donors (Lipinski definition) is 1. The minimum atomic E-state index is -1.93. The molecular weight excluding hydrogens is 536 g/mol. The minimum Gasteiger partial charge on any atom is -0.448 e. The average Bonchev–Trinajstić information content (AvgIpc) is 3.36. The number of β-lactam (4-membered cyclic amide) rings is 1. The second-order valence-electron chi connectivity index (χ2n) is 10.2. The van der Waals surface area contributed by atoms with Gasteiger partial charge < -0.3 is 15.0 Å². The molecule has 2 fully saturated rings. The van der Waals surface area contributed by atoms with Gasteiger partial charge in [-0.3, -0.25) is 24.6 Å². The number of nitrogens with one attached hydrogen (secondary N) is 1. The Kier molecular flexibility index (Phi) is 8.04. The topological polar surface area (TPSA) is 138 Å². The van der Waals surface area contributed by atoms with Crippen LogP contribution in [0.3, 0.4) is 0 Å². The maximum Gasteiger partial charge on any atom is 0.356 e. The normalized spacial score (nSPS) is 20.6. The number of benzene rings is 3. The van der Waals surface area contributed by atoms with E-state index in [1.807, 2.05) is 60.7 Å². The highest BCUT2D eigenvalue weighted by molar-refractivity contribution is 6.28. The van der Waals surface area contributed by atoms with E-state index in [1.54, 1.807) is 44.2 Å². The van der Waals surface area contributed by atoms with Crippen LogP contribution in [0.5, 0.6) is 0 Å². The minimum absolute atomic E-state index is 0.101. The van der Waals surface area contributed by atoms with Gasteiger partial charge in [0.1, 0.15) is 5.70 Å². The Morgan fingerprint density at radius 1 is 0.976 bits per heavy atom. The van der Waals surface area contributed by atoms with Crippen LogP contribution in [0.25, 0.3) is 5.53 Å². The van der Waals surface area contributed by atoms with Gasteiger partial charge in [-0.1, -0.05) is 91.0 Å². The number of carbonyl (C=O) groups excluding carboxylic acids is 4. The van der Waals surface area contributed by atoms with Gasteiger partial charge in [-0.2, -0.15) is 4.79 Å². The SMILES string of the molecule is CC(C)=C(C(=O)OC(c1ccccc1)c1ccccc1)N1C(=O)C2(C(=O)Cc3ccccc3)NC(C(=O)C=[N+]=[N-])OC12. The van der Waals surface area contributed by atoms with Crippen LogP contribution >= 0.6 is 0 Å². The van der Waals surface area contributed by atoms with E-state index in [9.17, 15) is 19.2 Å². The maximum absolute atomic E-state index is 13.9. The lowest BCUT2D eigenvalue weighted by atomic mass is 9.79. The molecule has 0 radical (unpaired) electrons. The van der Waals surface area contributed by atoms with Crippen molar-refractivity contribution in [3.05, 3.63) is 124 Å². The highest BCUT2D eigenvalue weighted by Crippen LogP contribution is 2.43. The van der Waals surface area contributed by atoms with Crippen molar-refractivity contribution in [3.8, 4) is 0 Å². The van der Waals surface area contributed by atoms with Crippen molar-refractivity contribution in [2.24, 2.45) is 0 Å². The number of amides is 1. The van der Waals surface area contributed by atoms with Crippen LogP contribution in [0.15, 0.2) is 102 Å². The van der Waals surface area contributed by atoms with E-state index in [0.717, 1.165) is 16.0 Å². The highest BCUT2D eigenvalue weighted by atomic mass is 16.6. The Hall–Kier alpha value is -5.02. The first kappa shape index (κ1) is 28.5. The Morgan fingerprint density at radius 3 is 2.05 bits per heavy atom. The second kappa shape index (κ2) is 11.8. The van der Waals surface area contributed by atoms with Crippen LogP contribution in [-0.2, 0) is 35.1 Å². The van der Waals surface area contributed by atoms with Gasteiger partial charge in [0.05, 0.1) is 0 Å². The van der Waals surface area contributed by atoms with E-state index in [-0.39, 0.29) is 12.1 Å². The zero-order valence-electron chi connectivity index (χ0n) is 23.0. The molecule has 2 heterocycles. The van der Waals surface area contributed by atoms with Crippen LogP contribution in [0.2, 0.25) is 0 Å². The molecule has 0 aliphatic carbocycles. The van der Waals surface area contributed by atoms with Gasteiger partial charge in [0.15, 0.2) is 24.3 Å². The molecule has 2 aliphatic heterocycles. The van der Waals surface area contributed by atoms with Crippen LogP contribution < -0.4 is 5.32 Å². The molecule has 3 aromatic carbocycles. The summed E-state index contributed by atoms with van der Waals surface area (Å²) in [6, 6.07) is 27.2. The summed E-state index contributed by atoms with van der Waals surface area (Å²) in [7, 11) is 0. The number of nitrogens with zero attached hydrogens (tertiary/aromatic N) is 3. The van der Waals surface area contributed by atoms with Crippen LogP contribution in [0, 0.1) is 0 Å². The molecular formula is C32H28N4O6. The summed E-state index contributed by atoms with van der Waals surface area (Å²) in [5.41, 5.74) is 9.38. The molecule has 0 spiro atoms. The number of Topliss-reactive ketones (excluding diaryl/α,β-unsaturated/α-hetero) is 2. The zero-order chi connectivity index (χ0) is 29.9. The van der Waals surface area contributed by atoms with E-state index in [1.165, 1.54) is 0 Å². The first-order valence-electron chi connectivity index (χ1n) is 13.3. The van der Waals surface area contributed by atoms with E-state index in [4.69, 9.17) is 15.0 Å². The second-order valence-corrected chi connectivity index (χ2v) is 10.2. The number of allylic oxidation sites excluding steroid dienone is 1. The van der Waals surface area contributed by atoms with Gasteiger partial charge in [0.2, 0.25) is 5.54 Å². The predicted octanol–water partition coefficient (Wildman–Crippen LogP) is 3.15. The molecule has 3 atom stereocenters. The summed E-state index contributed by atoms with van der Waals surface area (Å²) in [4.78, 5) is 57.8. The monoisotopic (exact) mass is 564 g/mol. The van der Waals surface area contributed by atoms with Crippen LogP contribution in [0.1, 0.15) is 36.6 Å². The number of hydrogen-bond acceptors (Lipinski definition) is 7. The van der Waals surface area contributed by atoms with Gasteiger partial charge in [0, 0.05) is 6.42 Å². The lowest BCUT2D eigenvalue weighted by Crippen LogP contribution is -2.79. The van der Waals surface area contributed by atoms with Gasteiger partial charge in [-0.05, 0) is 36.1 Å². The summed E-state index contributed by atoms with van der Waals surface area (Å²) >= 11 is 0. The Labute approximate surface area is 242 Å². The molecule has 0 aromatic heterocycles. The van der Waals surface area contributed by atoms with E-state index in [0.29, 0.717) is 17.4 Å². The third-order valence-electron chi connectivity index (χ3n) is 7.21. The highest BCUT2D eigenvalue weighted by Gasteiger charge is 2.73. The number of ether oxygens (including phenoxy) is 2. The lowest BCUT2D eigenvalue weighted by Gasteiger charge is -2.49. The van der Waals surface area contributed by atoms with Crippen molar-refractivity contribution in [1.82, 2.24) is 10.2 Å². The van der Waals surface area contributed by atoms with Gasteiger partial charge >= 0.3 is 12.2 Å². The van der Waals surface area contributed by atoms with Gasteiger partial charge in [0.25, 0.3) is 11.7 Å². The number of esters is 1. The van der Waals surface area contributed by atoms with E-state index >= 15 is 0 Å². The van der Waals surface area contributed by atoms with Crippen molar-refractivity contribution < 1.29 is 33.4 Å². The Bertz CT molecular complexity index is 1560. The molecule has 212 valence electrons. The van der Waals surface area contributed by atoms with Crippen molar-refractivity contribution in [3.63, 3.8) is 0 Å². The fraction of sp³-hybridized carbons (Fsp3) is 0.219. The molecule has 1 amide bonds. The number of ketones is 2. The maximum atomic E-state index is 13.9. The molecule has 2 aliphatic rings. The summed E-state index contributed by atoms with van der Waals surface area (Å²) in [5.74, 6) is -2.90. The smallest absolute Gasteiger partial charge is 0.356 e. The number of likely N-dealkylation sites (tertiary alicyclic amines) is 1. The molecule has 2 saturated heterocycles. The third-order valence-corrected chi connectivity index (χ3v) is 7.21. The van der Waals surface area contributed by atoms with Crippen molar-refractivity contribution >= 4 is 29.7 Å². The molecule has 3 aromatic rings. The molecule has 5 rings (SSSR count). The quantitative estimate of drug-likeness (QED) is 0.0759. The zero-order valence-corrected chi connectivity index (χ0v) is 23.0. The lowest BCUT2D eigenvalue weighted by molar-refractivity contribution is -0.184. The van der Waals surface area contributed by atoms with E-state index in [2.05, 4.69) is 10.1 Å². The van der Waals surface area contributed by atoms with Crippen molar-refractivity contribution in [1.29, 1.82) is 0 Å². The third kappa shape index (κ3) is 5.10. The number of carbonyl (C=O) groups is 4. The van der Waals surface area contributed by atoms with Gasteiger partial charge in [-0.15, -0.1) is 0 Å². The number of fused-ring (bicyclic) bond motifs is 1. The van der Waals surface area contributed by atoms with Gasteiger partial charge in [-0.25, -0.2) is 4.79 Å². The summed E-state index contributed by atoms with van der Waals surface area (Å²) in [6.45, 7) is 3.28. The molecule has 3 unspecified atom stereocenters. The molecule has 0 bridgehead atoms. The molecule has 42 heavy (non-hydrogen) atoms. The molecule has 1 N–H and O–H groups in total. The standard InChI is InChI=1S/C32H28N4O6/c1-20(2)26(29(39)41-27(22-14-8-4-9-15-22)23-16-10-5-11-17-23)36-30(40)32(25(38)18-21-12-6-3-7-13-21)31(36)42-28(35-32)24(37)19-34-33/h3-17,19,27-28,31,35H,18H2,1-2H3. The van der Waals surface area contributed by atoms with E-state index < -0.39 is 47.5 Å². The summed E-state index contributed by atoms with van der Waals surface area (Å²) < 4.78 is 11.9. The molecule has 10 nitrogen and oxygen atoms in total. The Morgan fingerprint density at radius 2 is 1.52 bits per heavy atom. The largest absolute Gasteiger partial charge is 0.448 e. The van der Waals surface area contributed by atoms with Crippen molar-refractivity contribution in [2.75, 3.05) is 0 Å². The Balaban J connectivity index is 1.48. The first-order chi connectivity index (χ1) is 20.3. The average molecular weight is 565 g/mol. The summed E-state index contributed by atoms with van der Waals surface area (Å²) in [5, 5.41) is 2.72.